The van der Waals surface area contributed by atoms with E-state index in [1.807, 2.05) is 0 Å². The van der Waals surface area contributed by atoms with Gasteiger partial charge < -0.3 is 14.6 Å². The molecule has 0 saturated heterocycles. The van der Waals surface area contributed by atoms with E-state index in [4.69, 9.17) is 14.6 Å². The van der Waals surface area contributed by atoms with Crippen LogP contribution in [0.2, 0.25) is 0 Å². The van der Waals surface area contributed by atoms with E-state index in [0.717, 1.165) is 0 Å². The SMILES string of the molecule is O=C(O)CCC(=O)c1cc(Br)c2c(c1)OCCO2. The van der Waals surface area contributed by atoms with Gasteiger partial charge in [-0.1, -0.05) is 0 Å². The number of ether oxygens (including phenoxy) is 2. The lowest BCUT2D eigenvalue weighted by molar-refractivity contribution is -0.136. The zero-order chi connectivity index (χ0) is 13.1. The third-order valence-electron chi connectivity index (χ3n) is 2.48. The third kappa shape index (κ3) is 2.81. The summed E-state index contributed by atoms with van der Waals surface area (Å²) in [5.41, 5.74) is 0.423. The number of benzene rings is 1. The Kier molecular flexibility index (Phi) is 3.86. The van der Waals surface area contributed by atoms with Crippen LogP contribution in [0.1, 0.15) is 23.2 Å². The van der Waals surface area contributed by atoms with Crippen molar-refractivity contribution in [1.29, 1.82) is 0 Å². The molecule has 0 fully saturated rings. The molecule has 1 aromatic carbocycles. The minimum absolute atomic E-state index is 0.0264. The molecule has 96 valence electrons. The maximum Gasteiger partial charge on any atom is 0.303 e. The molecule has 0 radical (unpaired) electrons. The highest BCUT2D eigenvalue weighted by Gasteiger charge is 2.19. The molecular weight excluding hydrogens is 304 g/mol. The second-order valence-corrected chi connectivity index (χ2v) is 4.65. The number of halogens is 1. The zero-order valence-electron chi connectivity index (χ0n) is 9.44. The third-order valence-corrected chi connectivity index (χ3v) is 3.07. The fourth-order valence-corrected chi connectivity index (χ4v) is 2.19. The summed E-state index contributed by atoms with van der Waals surface area (Å²) in [6.45, 7) is 0.907. The van der Waals surface area contributed by atoms with Gasteiger partial charge in [0, 0.05) is 12.0 Å². The molecule has 1 aliphatic rings. The maximum atomic E-state index is 11.8. The lowest BCUT2D eigenvalue weighted by Gasteiger charge is -2.20. The Bertz CT molecular complexity index is 497. The van der Waals surface area contributed by atoms with E-state index in [1.165, 1.54) is 0 Å². The van der Waals surface area contributed by atoms with Crippen molar-refractivity contribution in [2.45, 2.75) is 12.8 Å². The van der Waals surface area contributed by atoms with Crippen LogP contribution < -0.4 is 9.47 Å². The summed E-state index contributed by atoms with van der Waals surface area (Å²) in [5.74, 6) is -0.125. The highest BCUT2D eigenvalue weighted by molar-refractivity contribution is 9.10. The van der Waals surface area contributed by atoms with E-state index >= 15 is 0 Å². The first-order valence-electron chi connectivity index (χ1n) is 5.42. The largest absolute Gasteiger partial charge is 0.486 e. The van der Waals surface area contributed by atoms with Gasteiger partial charge in [0.25, 0.3) is 0 Å². The van der Waals surface area contributed by atoms with Gasteiger partial charge in [0.2, 0.25) is 0 Å². The number of ketones is 1. The van der Waals surface area contributed by atoms with E-state index in [0.29, 0.717) is 34.7 Å². The summed E-state index contributed by atoms with van der Waals surface area (Å²) in [5, 5.41) is 8.55. The van der Waals surface area contributed by atoms with Gasteiger partial charge in [-0.05, 0) is 28.1 Å². The second-order valence-electron chi connectivity index (χ2n) is 3.80. The fourth-order valence-electron chi connectivity index (χ4n) is 1.64. The van der Waals surface area contributed by atoms with E-state index in [2.05, 4.69) is 15.9 Å². The van der Waals surface area contributed by atoms with Gasteiger partial charge in [-0.2, -0.15) is 0 Å². The van der Waals surface area contributed by atoms with Crippen LogP contribution in [0.15, 0.2) is 16.6 Å². The van der Waals surface area contributed by atoms with Crippen molar-refractivity contribution in [1.82, 2.24) is 0 Å². The highest BCUT2D eigenvalue weighted by Crippen LogP contribution is 2.38. The number of carboxylic acid groups (broad SMARTS) is 1. The topological polar surface area (TPSA) is 72.8 Å². The summed E-state index contributed by atoms with van der Waals surface area (Å²) in [6.07, 6.45) is -0.202. The first-order chi connectivity index (χ1) is 8.58. The van der Waals surface area contributed by atoms with Gasteiger partial charge in [-0.25, -0.2) is 0 Å². The van der Waals surface area contributed by atoms with Gasteiger partial charge in [0.15, 0.2) is 17.3 Å². The Morgan fingerprint density at radius 3 is 2.67 bits per heavy atom. The minimum Gasteiger partial charge on any atom is -0.486 e. The molecule has 0 bridgehead atoms. The van der Waals surface area contributed by atoms with Crippen molar-refractivity contribution < 1.29 is 24.2 Å². The Morgan fingerprint density at radius 2 is 1.94 bits per heavy atom. The molecule has 5 nitrogen and oxygen atoms in total. The average Bonchev–Trinajstić information content (AvgIpc) is 2.36. The standard InChI is InChI=1S/C12H11BrO5/c13-8-5-7(9(14)1-2-11(15)16)6-10-12(8)18-4-3-17-10/h5-6H,1-4H2,(H,15,16). The van der Waals surface area contributed by atoms with Gasteiger partial charge in [-0.3, -0.25) is 9.59 Å². The van der Waals surface area contributed by atoms with Crippen LogP contribution in [0.25, 0.3) is 0 Å². The second kappa shape index (κ2) is 5.39. The fraction of sp³-hybridized carbons (Fsp3) is 0.333. The molecule has 1 aromatic rings. The Morgan fingerprint density at radius 1 is 1.22 bits per heavy atom. The zero-order valence-corrected chi connectivity index (χ0v) is 11.0. The quantitative estimate of drug-likeness (QED) is 0.863. The van der Waals surface area contributed by atoms with Crippen LogP contribution in [0, 0.1) is 0 Å². The Labute approximate surface area is 112 Å². The molecule has 1 heterocycles. The number of carbonyl (C=O) groups excluding carboxylic acids is 1. The van der Waals surface area contributed by atoms with Crippen LogP contribution in [0.4, 0.5) is 0 Å². The summed E-state index contributed by atoms with van der Waals surface area (Å²) in [7, 11) is 0. The lowest BCUT2D eigenvalue weighted by atomic mass is 10.1. The van der Waals surface area contributed by atoms with E-state index < -0.39 is 5.97 Å². The van der Waals surface area contributed by atoms with Crippen molar-refractivity contribution in [2.24, 2.45) is 0 Å². The Hall–Kier alpha value is -1.56. The molecule has 0 amide bonds. The summed E-state index contributed by atoms with van der Waals surface area (Å²) < 4.78 is 11.4. The molecule has 2 rings (SSSR count). The number of carboxylic acids is 1. The first-order valence-corrected chi connectivity index (χ1v) is 6.21. The number of fused-ring (bicyclic) bond motifs is 1. The van der Waals surface area contributed by atoms with E-state index in [1.54, 1.807) is 12.1 Å². The van der Waals surface area contributed by atoms with Gasteiger partial charge in [0.05, 0.1) is 10.9 Å². The van der Waals surface area contributed by atoms with Gasteiger partial charge in [-0.15, -0.1) is 0 Å². The molecule has 0 atom stereocenters. The highest BCUT2D eigenvalue weighted by atomic mass is 79.9. The van der Waals surface area contributed by atoms with Crippen molar-refractivity contribution in [3.8, 4) is 11.5 Å². The van der Waals surface area contributed by atoms with Gasteiger partial charge in [0.1, 0.15) is 13.2 Å². The minimum atomic E-state index is -0.986. The molecular formula is C12H11BrO5. The predicted octanol–water partition coefficient (Wildman–Crippen LogP) is 2.27. The first kappa shape index (κ1) is 12.9. The molecule has 0 aromatic heterocycles. The van der Waals surface area contributed by atoms with Crippen molar-refractivity contribution in [3.63, 3.8) is 0 Å². The van der Waals surface area contributed by atoms with E-state index in [9.17, 15) is 9.59 Å². The molecule has 0 aliphatic carbocycles. The monoisotopic (exact) mass is 314 g/mol. The molecule has 6 heteroatoms. The number of carbonyl (C=O) groups is 2. The van der Waals surface area contributed by atoms with E-state index in [-0.39, 0.29) is 18.6 Å². The number of aliphatic carboxylic acids is 1. The molecule has 0 unspecified atom stereocenters. The maximum absolute atomic E-state index is 11.8. The van der Waals surface area contributed by atoms with Crippen LogP contribution in [-0.4, -0.2) is 30.1 Å². The van der Waals surface area contributed by atoms with Crippen LogP contribution >= 0.6 is 15.9 Å². The Balaban J connectivity index is 2.21. The summed E-state index contributed by atoms with van der Waals surface area (Å²) >= 11 is 3.31. The molecule has 1 N–H and O–H groups in total. The summed E-state index contributed by atoms with van der Waals surface area (Å²) in [6, 6.07) is 3.21. The van der Waals surface area contributed by atoms with Crippen molar-refractivity contribution in [2.75, 3.05) is 13.2 Å². The van der Waals surface area contributed by atoms with Crippen LogP contribution in [0.5, 0.6) is 11.5 Å². The number of rotatable bonds is 4. The average molecular weight is 315 g/mol. The summed E-state index contributed by atoms with van der Waals surface area (Å²) in [4.78, 5) is 22.2. The number of hydrogen-bond donors (Lipinski definition) is 1. The number of Topliss-reactive ketones (excluding diaryl/α,β-unsaturated/α-hetero) is 1. The molecule has 0 spiro atoms. The van der Waals surface area contributed by atoms with Crippen LogP contribution in [0.3, 0.4) is 0 Å². The number of hydrogen-bond acceptors (Lipinski definition) is 4. The van der Waals surface area contributed by atoms with Gasteiger partial charge >= 0.3 is 5.97 Å². The smallest absolute Gasteiger partial charge is 0.303 e. The lowest BCUT2D eigenvalue weighted by Crippen LogP contribution is -2.16. The van der Waals surface area contributed by atoms with Crippen molar-refractivity contribution in [3.05, 3.63) is 22.2 Å². The van der Waals surface area contributed by atoms with Crippen LogP contribution in [-0.2, 0) is 4.79 Å². The predicted molar refractivity (Wildman–Crippen MR) is 66.3 cm³/mol. The molecule has 0 saturated carbocycles. The van der Waals surface area contributed by atoms with Crippen molar-refractivity contribution >= 4 is 27.7 Å². The molecule has 1 aliphatic heterocycles. The molecule has 18 heavy (non-hydrogen) atoms. The normalized spacial score (nSPS) is 13.2.